The molecule has 0 amide bonds. The van der Waals surface area contributed by atoms with Gasteiger partial charge >= 0.3 is 5.97 Å². The van der Waals surface area contributed by atoms with E-state index in [0.717, 1.165) is 37.5 Å². The monoisotopic (exact) mass is 394 g/mol. The molecular formula is C21H28F2N2O3. The molecule has 5 nitrogen and oxygen atoms in total. The van der Waals surface area contributed by atoms with E-state index in [9.17, 15) is 13.6 Å². The van der Waals surface area contributed by atoms with Crippen molar-refractivity contribution in [2.75, 3.05) is 12.3 Å². The van der Waals surface area contributed by atoms with Gasteiger partial charge < -0.3 is 15.3 Å². The summed E-state index contributed by atoms with van der Waals surface area (Å²) in [6.07, 6.45) is 5.95. The quantitative estimate of drug-likeness (QED) is 0.446. The molecule has 3 rings (SSSR count). The van der Waals surface area contributed by atoms with Crippen LogP contribution in [-0.4, -0.2) is 24.4 Å². The Balaban J connectivity index is 1.46. The van der Waals surface area contributed by atoms with Gasteiger partial charge in [0, 0.05) is 6.07 Å². The molecule has 0 radical (unpaired) electrons. The Bertz CT molecular complexity index is 721. The first-order chi connectivity index (χ1) is 13.5. The van der Waals surface area contributed by atoms with E-state index in [2.05, 4.69) is 5.16 Å². The molecule has 2 N–H and O–H groups in total. The summed E-state index contributed by atoms with van der Waals surface area (Å²) in [5, 5.41) is 4.31. The van der Waals surface area contributed by atoms with Gasteiger partial charge in [0.15, 0.2) is 0 Å². The first kappa shape index (κ1) is 20.6. The lowest BCUT2D eigenvalue weighted by molar-refractivity contribution is -0.150. The Labute approximate surface area is 164 Å². The lowest BCUT2D eigenvalue weighted by atomic mass is 9.83. The maximum Gasteiger partial charge on any atom is 0.308 e. The number of nitrogen functional groups attached to an aromatic ring is 1. The summed E-state index contributed by atoms with van der Waals surface area (Å²) in [7, 11) is 0. The van der Waals surface area contributed by atoms with E-state index in [-0.39, 0.29) is 29.6 Å². The van der Waals surface area contributed by atoms with Gasteiger partial charge in [-0.2, -0.15) is 0 Å². The van der Waals surface area contributed by atoms with Crippen molar-refractivity contribution >= 4 is 17.4 Å². The van der Waals surface area contributed by atoms with Crippen LogP contribution < -0.4 is 5.73 Å². The average Bonchev–Trinajstić information content (AvgIpc) is 2.70. The predicted octanol–water partition coefficient (Wildman–Crippen LogP) is 4.70. The molecule has 0 unspecified atom stereocenters. The number of oxime groups is 1. The second kappa shape index (κ2) is 9.34. The molecule has 0 atom stereocenters. The summed E-state index contributed by atoms with van der Waals surface area (Å²) in [6, 6.07) is 2.28. The maximum atomic E-state index is 14.1. The van der Waals surface area contributed by atoms with Gasteiger partial charge in [-0.15, -0.1) is 0 Å². The number of hydrogen-bond acceptors (Lipinski definition) is 5. The van der Waals surface area contributed by atoms with Crippen LogP contribution in [0.1, 0.15) is 69.8 Å². The number of anilines is 1. The standard InChI is InChI=1S/C21H28F2N2O3/c1-2-27-21(26)14-5-9-16(10-6-14)28-25-15-7-3-13(4-8-15)17-11-19(23)20(24)12-18(17)22/h11-14,16H,2-10,24H2,1H3. The van der Waals surface area contributed by atoms with Crippen LogP contribution in [0.2, 0.25) is 0 Å². The molecule has 0 saturated heterocycles. The third-order valence-corrected chi connectivity index (χ3v) is 5.74. The van der Waals surface area contributed by atoms with E-state index >= 15 is 0 Å². The molecular weight excluding hydrogens is 366 g/mol. The van der Waals surface area contributed by atoms with Crippen LogP contribution in [0.4, 0.5) is 14.5 Å². The van der Waals surface area contributed by atoms with Gasteiger partial charge in [-0.25, -0.2) is 8.78 Å². The summed E-state index contributed by atoms with van der Waals surface area (Å²) in [4.78, 5) is 17.5. The lowest BCUT2D eigenvalue weighted by Gasteiger charge is -2.27. The van der Waals surface area contributed by atoms with Gasteiger partial charge in [0.1, 0.15) is 17.7 Å². The number of nitrogens with zero attached hydrogens (tertiary/aromatic N) is 1. The van der Waals surface area contributed by atoms with E-state index in [4.69, 9.17) is 15.3 Å². The number of ether oxygens (including phenoxy) is 1. The number of hydrogen-bond donors (Lipinski definition) is 1. The molecule has 2 saturated carbocycles. The molecule has 7 heteroatoms. The highest BCUT2D eigenvalue weighted by molar-refractivity contribution is 5.84. The van der Waals surface area contributed by atoms with E-state index in [1.807, 2.05) is 6.92 Å². The predicted molar refractivity (Wildman–Crippen MR) is 103 cm³/mol. The fourth-order valence-corrected chi connectivity index (χ4v) is 4.06. The van der Waals surface area contributed by atoms with E-state index in [1.54, 1.807) is 0 Å². The molecule has 0 spiro atoms. The zero-order valence-electron chi connectivity index (χ0n) is 16.3. The Morgan fingerprint density at radius 3 is 2.43 bits per heavy atom. The summed E-state index contributed by atoms with van der Waals surface area (Å²) in [6.45, 7) is 2.23. The summed E-state index contributed by atoms with van der Waals surface area (Å²) in [5.41, 5.74) is 6.60. The van der Waals surface area contributed by atoms with Gasteiger partial charge in [-0.05, 0) is 75.8 Å². The Kier molecular flexibility index (Phi) is 6.86. The fraction of sp³-hybridized carbons (Fsp3) is 0.619. The number of rotatable bonds is 5. The minimum Gasteiger partial charge on any atom is -0.466 e. The zero-order chi connectivity index (χ0) is 20.1. The smallest absolute Gasteiger partial charge is 0.308 e. The lowest BCUT2D eigenvalue weighted by Crippen LogP contribution is -2.27. The Morgan fingerprint density at radius 2 is 1.79 bits per heavy atom. The number of carbonyl (C=O) groups is 1. The van der Waals surface area contributed by atoms with Gasteiger partial charge in [0.25, 0.3) is 0 Å². The number of nitrogens with two attached hydrogens (primary N) is 1. The van der Waals surface area contributed by atoms with Crippen molar-refractivity contribution in [2.24, 2.45) is 11.1 Å². The molecule has 0 heterocycles. The molecule has 1 aromatic carbocycles. The van der Waals surface area contributed by atoms with E-state index in [1.165, 1.54) is 6.07 Å². The van der Waals surface area contributed by atoms with Crippen LogP contribution in [0.5, 0.6) is 0 Å². The van der Waals surface area contributed by atoms with Crippen LogP contribution in [0, 0.1) is 17.6 Å². The van der Waals surface area contributed by atoms with E-state index < -0.39 is 11.6 Å². The van der Waals surface area contributed by atoms with Crippen molar-refractivity contribution in [3.05, 3.63) is 29.3 Å². The first-order valence-corrected chi connectivity index (χ1v) is 10.1. The molecule has 2 fully saturated rings. The van der Waals surface area contributed by atoms with Crippen LogP contribution in [0.15, 0.2) is 17.3 Å². The molecule has 0 aliphatic heterocycles. The SMILES string of the molecule is CCOC(=O)C1CCC(ON=C2CCC(c3cc(F)c(N)cc3F)CC2)CC1. The highest BCUT2D eigenvalue weighted by Gasteiger charge is 2.29. The fourth-order valence-electron chi connectivity index (χ4n) is 4.06. The van der Waals surface area contributed by atoms with Gasteiger partial charge in [0.05, 0.1) is 23.9 Å². The largest absolute Gasteiger partial charge is 0.466 e. The van der Waals surface area contributed by atoms with Crippen molar-refractivity contribution in [2.45, 2.75) is 70.3 Å². The molecule has 154 valence electrons. The number of halogens is 2. The summed E-state index contributed by atoms with van der Waals surface area (Å²) >= 11 is 0. The Morgan fingerprint density at radius 1 is 1.11 bits per heavy atom. The van der Waals surface area contributed by atoms with Crippen molar-refractivity contribution in [1.82, 2.24) is 0 Å². The number of esters is 1. The number of benzene rings is 1. The second-order valence-electron chi connectivity index (χ2n) is 7.66. The third-order valence-electron chi connectivity index (χ3n) is 5.74. The molecule has 2 aliphatic carbocycles. The molecule has 28 heavy (non-hydrogen) atoms. The van der Waals surface area contributed by atoms with Crippen LogP contribution in [0.3, 0.4) is 0 Å². The maximum absolute atomic E-state index is 14.1. The average molecular weight is 394 g/mol. The van der Waals surface area contributed by atoms with Gasteiger partial charge in [-0.3, -0.25) is 4.79 Å². The van der Waals surface area contributed by atoms with Crippen molar-refractivity contribution in [3.63, 3.8) is 0 Å². The highest BCUT2D eigenvalue weighted by Crippen LogP contribution is 2.35. The van der Waals surface area contributed by atoms with Crippen LogP contribution in [0.25, 0.3) is 0 Å². The summed E-state index contributed by atoms with van der Waals surface area (Å²) in [5.74, 6) is -1.19. The molecule has 0 aromatic heterocycles. The second-order valence-corrected chi connectivity index (χ2v) is 7.66. The first-order valence-electron chi connectivity index (χ1n) is 10.1. The Hall–Kier alpha value is -2.18. The van der Waals surface area contributed by atoms with Crippen LogP contribution >= 0.6 is 0 Å². The van der Waals surface area contributed by atoms with Crippen molar-refractivity contribution in [1.29, 1.82) is 0 Å². The topological polar surface area (TPSA) is 73.9 Å². The molecule has 1 aromatic rings. The molecule has 2 aliphatic rings. The van der Waals surface area contributed by atoms with Crippen molar-refractivity contribution < 1.29 is 23.1 Å². The van der Waals surface area contributed by atoms with Gasteiger partial charge in [0.2, 0.25) is 0 Å². The highest BCUT2D eigenvalue weighted by atomic mass is 19.1. The van der Waals surface area contributed by atoms with Crippen LogP contribution in [-0.2, 0) is 14.4 Å². The number of carbonyl (C=O) groups excluding carboxylic acids is 1. The normalized spacial score (nSPS) is 25.2. The zero-order valence-corrected chi connectivity index (χ0v) is 16.3. The molecule has 0 bridgehead atoms. The van der Waals surface area contributed by atoms with Crippen molar-refractivity contribution in [3.8, 4) is 0 Å². The minimum atomic E-state index is -0.572. The minimum absolute atomic E-state index is 0.0274. The third kappa shape index (κ3) is 5.00. The van der Waals surface area contributed by atoms with E-state index in [0.29, 0.717) is 37.9 Å². The summed E-state index contributed by atoms with van der Waals surface area (Å²) < 4.78 is 32.9. The van der Waals surface area contributed by atoms with Gasteiger partial charge in [-0.1, -0.05) is 5.16 Å².